The predicted octanol–water partition coefficient (Wildman–Crippen LogP) is 5.81. The molecule has 7 nitrogen and oxygen atoms in total. The van der Waals surface area contributed by atoms with Crippen LogP contribution in [0.25, 0.3) is 5.78 Å². The van der Waals surface area contributed by atoms with Gasteiger partial charge in [0.2, 0.25) is 0 Å². The summed E-state index contributed by atoms with van der Waals surface area (Å²) < 4.78 is 40.2. The third kappa shape index (κ3) is 5.43. The summed E-state index contributed by atoms with van der Waals surface area (Å²) in [5.74, 6) is 1.17. The van der Waals surface area contributed by atoms with E-state index in [2.05, 4.69) is 25.7 Å². The van der Waals surface area contributed by atoms with Crippen LogP contribution in [0.1, 0.15) is 24.0 Å². The minimum absolute atomic E-state index is 0.0473. The number of carbonyl (C=O) groups excluding carboxylic acids is 1. The lowest BCUT2D eigenvalue weighted by Crippen LogP contribution is -2.19. The van der Waals surface area contributed by atoms with Gasteiger partial charge < -0.3 is 10.6 Å². The second-order valence-corrected chi connectivity index (χ2v) is 8.19. The molecule has 2 N–H and O–H groups in total. The Kier molecular flexibility index (Phi) is 6.23. The number of aromatic nitrogens is 4. The van der Waals surface area contributed by atoms with Crippen molar-refractivity contribution in [2.24, 2.45) is 0 Å². The van der Waals surface area contributed by atoms with Crippen LogP contribution in [0.5, 0.6) is 0 Å². The highest BCUT2D eigenvalue weighted by Crippen LogP contribution is 2.31. The van der Waals surface area contributed by atoms with Crippen molar-refractivity contribution in [2.45, 2.75) is 36.4 Å². The Balaban J connectivity index is 1.44. The smallest absolute Gasteiger partial charge is 0.308 e. The van der Waals surface area contributed by atoms with E-state index in [0.29, 0.717) is 17.3 Å². The Bertz CT molecular complexity index is 1300. The Morgan fingerprint density at radius 1 is 1.03 bits per heavy atom. The lowest BCUT2D eigenvalue weighted by Gasteiger charge is -2.11. The number of fused-ring (bicyclic) bond motifs is 1. The summed E-state index contributed by atoms with van der Waals surface area (Å²) in [6.07, 6.45) is -3.72. The number of hydrogen-bond donors (Lipinski definition) is 2. The van der Waals surface area contributed by atoms with Crippen molar-refractivity contribution in [2.75, 3.05) is 10.6 Å². The first-order chi connectivity index (χ1) is 15.7. The molecule has 4 rings (SSSR count). The van der Waals surface area contributed by atoms with E-state index < -0.39 is 17.8 Å². The fourth-order valence-electron chi connectivity index (χ4n) is 3.04. The molecule has 0 aliphatic rings. The number of amides is 2. The summed E-state index contributed by atoms with van der Waals surface area (Å²) >= 11 is 1.48. The van der Waals surface area contributed by atoms with Crippen LogP contribution in [0.3, 0.4) is 0 Å². The van der Waals surface area contributed by atoms with E-state index in [1.165, 1.54) is 23.9 Å². The highest BCUT2D eigenvalue weighted by Gasteiger charge is 2.30. The molecule has 0 saturated heterocycles. The fraction of sp³-hybridized carbons (Fsp3) is 0.182. The van der Waals surface area contributed by atoms with Crippen molar-refractivity contribution in [1.29, 1.82) is 0 Å². The molecule has 33 heavy (non-hydrogen) atoms. The lowest BCUT2D eigenvalue weighted by atomic mass is 10.2. The molecule has 0 unspecified atom stereocenters. The Hall–Kier alpha value is -3.60. The van der Waals surface area contributed by atoms with E-state index in [9.17, 15) is 18.0 Å². The molecule has 4 aromatic rings. The second kappa shape index (κ2) is 9.10. The number of benzene rings is 2. The van der Waals surface area contributed by atoms with Crippen LogP contribution in [-0.4, -0.2) is 25.6 Å². The number of alkyl halides is 3. The second-order valence-electron chi connectivity index (χ2n) is 7.09. The Labute approximate surface area is 191 Å². The summed E-state index contributed by atoms with van der Waals surface area (Å²) in [5, 5.41) is 10.3. The molecule has 0 aliphatic carbocycles. The zero-order valence-corrected chi connectivity index (χ0v) is 18.5. The monoisotopic (exact) mass is 472 g/mol. The van der Waals surface area contributed by atoms with Crippen molar-refractivity contribution in [3.05, 3.63) is 71.7 Å². The summed E-state index contributed by atoms with van der Waals surface area (Å²) in [4.78, 5) is 21.9. The molecule has 0 fully saturated rings. The van der Waals surface area contributed by atoms with Crippen LogP contribution in [0.2, 0.25) is 0 Å². The normalized spacial score (nSPS) is 11.5. The van der Waals surface area contributed by atoms with E-state index in [1.54, 1.807) is 23.6 Å². The summed E-state index contributed by atoms with van der Waals surface area (Å²) in [7, 11) is 0. The van der Waals surface area contributed by atoms with E-state index in [0.717, 1.165) is 34.2 Å². The van der Waals surface area contributed by atoms with Crippen LogP contribution in [0.15, 0.2) is 64.5 Å². The van der Waals surface area contributed by atoms with Gasteiger partial charge >= 0.3 is 12.2 Å². The molecule has 0 aliphatic heterocycles. The van der Waals surface area contributed by atoms with E-state index in [1.807, 2.05) is 25.1 Å². The van der Waals surface area contributed by atoms with Crippen molar-refractivity contribution in [3.63, 3.8) is 0 Å². The van der Waals surface area contributed by atoms with Crippen LogP contribution < -0.4 is 10.6 Å². The molecule has 0 saturated carbocycles. The van der Waals surface area contributed by atoms with Gasteiger partial charge in [-0.05, 0) is 61.9 Å². The van der Waals surface area contributed by atoms with Crippen molar-refractivity contribution < 1.29 is 18.0 Å². The molecule has 2 amide bonds. The SMILES string of the molecule is CCc1cc(Sc2ccc(NC(=O)Nc3cccc(C(F)(F)F)c3)cc2)n2nc(C)nc2n1. The van der Waals surface area contributed by atoms with E-state index in [-0.39, 0.29) is 5.69 Å². The maximum Gasteiger partial charge on any atom is 0.416 e. The van der Waals surface area contributed by atoms with Gasteiger partial charge in [0.15, 0.2) is 0 Å². The van der Waals surface area contributed by atoms with Crippen molar-refractivity contribution >= 4 is 34.9 Å². The molecule has 0 atom stereocenters. The molecular weight excluding hydrogens is 453 g/mol. The van der Waals surface area contributed by atoms with Crippen molar-refractivity contribution in [3.8, 4) is 0 Å². The van der Waals surface area contributed by atoms with Crippen LogP contribution in [0, 0.1) is 6.92 Å². The maximum atomic E-state index is 12.8. The topological polar surface area (TPSA) is 84.2 Å². The maximum absolute atomic E-state index is 12.8. The zero-order chi connectivity index (χ0) is 23.6. The summed E-state index contributed by atoms with van der Waals surface area (Å²) in [6, 6.07) is 12.8. The number of anilines is 2. The van der Waals surface area contributed by atoms with Gasteiger partial charge in [0.05, 0.1) is 5.56 Å². The highest BCUT2D eigenvalue weighted by molar-refractivity contribution is 7.99. The molecule has 0 spiro atoms. The van der Waals surface area contributed by atoms with Crippen LogP contribution in [0.4, 0.5) is 29.3 Å². The molecule has 170 valence electrons. The number of hydrogen-bond acceptors (Lipinski definition) is 5. The lowest BCUT2D eigenvalue weighted by molar-refractivity contribution is -0.137. The Morgan fingerprint density at radius 2 is 1.76 bits per heavy atom. The van der Waals surface area contributed by atoms with Gasteiger partial charge in [0, 0.05) is 22.0 Å². The summed E-state index contributed by atoms with van der Waals surface area (Å²) in [6.45, 7) is 3.82. The van der Waals surface area contributed by atoms with E-state index in [4.69, 9.17) is 0 Å². The highest BCUT2D eigenvalue weighted by atomic mass is 32.2. The third-order valence-electron chi connectivity index (χ3n) is 4.58. The average molecular weight is 472 g/mol. The first-order valence-electron chi connectivity index (χ1n) is 9.98. The van der Waals surface area contributed by atoms with Crippen LogP contribution in [-0.2, 0) is 12.6 Å². The standard InChI is InChI=1S/C22H19F3N6OS/c1-3-15-12-19(31-20(27-15)26-13(2)30-31)33-18-9-7-16(8-10-18)28-21(32)29-17-6-4-5-14(11-17)22(23,24)25/h4-12H,3H2,1-2H3,(H2,28,29,32). The van der Waals surface area contributed by atoms with Gasteiger partial charge in [0.25, 0.3) is 5.78 Å². The Morgan fingerprint density at radius 3 is 2.45 bits per heavy atom. The number of urea groups is 1. The molecule has 2 aromatic carbocycles. The van der Waals surface area contributed by atoms with Gasteiger partial charge in [-0.15, -0.1) is 5.10 Å². The minimum atomic E-state index is -4.48. The largest absolute Gasteiger partial charge is 0.416 e. The number of halogens is 3. The molecule has 0 radical (unpaired) electrons. The van der Waals surface area contributed by atoms with Gasteiger partial charge in [0.1, 0.15) is 10.9 Å². The van der Waals surface area contributed by atoms with Crippen LogP contribution >= 0.6 is 11.8 Å². The van der Waals surface area contributed by atoms with E-state index >= 15 is 0 Å². The van der Waals surface area contributed by atoms with Gasteiger partial charge in [-0.25, -0.2) is 9.78 Å². The molecule has 2 aromatic heterocycles. The molecule has 2 heterocycles. The fourth-order valence-corrected chi connectivity index (χ4v) is 3.95. The van der Waals surface area contributed by atoms with Gasteiger partial charge in [-0.2, -0.15) is 22.7 Å². The third-order valence-corrected chi connectivity index (χ3v) is 5.59. The van der Waals surface area contributed by atoms with Gasteiger partial charge in [-0.1, -0.05) is 24.8 Å². The average Bonchev–Trinajstić information content (AvgIpc) is 3.15. The minimum Gasteiger partial charge on any atom is -0.308 e. The first-order valence-corrected chi connectivity index (χ1v) is 10.8. The molecule has 11 heteroatoms. The quantitative estimate of drug-likeness (QED) is 0.358. The molecular formula is C22H19F3N6OS. The first kappa shape index (κ1) is 22.6. The zero-order valence-electron chi connectivity index (χ0n) is 17.6. The number of carbonyl (C=O) groups is 1. The number of aryl methyl sites for hydroxylation is 2. The predicted molar refractivity (Wildman–Crippen MR) is 120 cm³/mol. The molecule has 0 bridgehead atoms. The summed E-state index contributed by atoms with van der Waals surface area (Å²) in [5.41, 5.74) is 0.614. The number of nitrogens with zero attached hydrogens (tertiary/aromatic N) is 4. The van der Waals surface area contributed by atoms with Crippen molar-refractivity contribution in [1.82, 2.24) is 19.6 Å². The number of nitrogens with one attached hydrogen (secondary N) is 2. The number of rotatable bonds is 5. The van der Waals surface area contributed by atoms with Gasteiger partial charge in [-0.3, -0.25) is 0 Å².